The van der Waals surface area contributed by atoms with Crippen LogP contribution in [0.1, 0.15) is 25.7 Å². The average molecular weight is 185 g/mol. The Bertz CT molecular complexity index is 156. The summed E-state index contributed by atoms with van der Waals surface area (Å²) >= 11 is 0. The van der Waals surface area contributed by atoms with Crippen molar-refractivity contribution < 1.29 is 9.84 Å². The van der Waals surface area contributed by atoms with Crippen LogP contribution in [0.4, 0.5) is 0 Å². The molecule has 1 atom stereocenters. The van der Waals surface area contributed by atoms with Gasteiger partial charge in [-0.15, -0.1) is 0 Å². The lowest BCUT2D eigenvalue weighted by molar-refractivity contribution is -0.00645. The number of rotatable bonds is 1. The second kappa shape index (κ2) is 3.95. The van der Waals surface area contributed by atoms with Gasteiger partial charge in [0.25, 0.3) is 0 Å². The van der Waals surface area contributed by atoms with Gasteiger partial charge in [-0.3, -0.25) is 0 Å². The van der Waals surface area contributed by atoms with Gasteiger partial charge in [-0.05, 0) is 31.1 Å². The summed E-state index contributed by atoms with van der Waals surface area (Å²) in [5, 5.41) is 12.4. The molecule has 0 aromatic carbocycles. The Morgan fingerprint density at radius 2 is 2.08 bits per heavy atom. The standard InChI is InChI=1S/C10H19NO2/c12-7-9-1-2-10(8-11-9)3-5-13-6-4-10/h9,11-12H,1-8H2. The molecule has 13 heavy (non-hydrogen) atoms. The predicted molar refractivity (Wildman–Crippen MR) is 50.6 cm³/mol. The first-order valence-corrected chi connectivity index (χ1v) is 5.27. The molecule has 1 unspecified atom stereocenters. The van der Waals surface area contributed by atoms with Crippen molar-refractivity contribution in [3.05, 3.63) is 0 Å². The first-order valence-electron chi connectivity index (χ1n) is 5.27. The Morgan fingerprint density at radius 1 is 1.31 bits per heavy atom. The lowest BCUT2D eigenvalue weighted by Crippen LogP contribution is -2.49. The lowest BCUT2D eigenvalue weighted by Gasteiger charge is -2.43. The average Bonchev–Trinajstić information content (AvgIpc) is 2.20. The first-order chi connectivity index (χ1) is 6.35. The predicted octanol–water partition coefficient (Wildman–Crippen LogP) is 0.527. The fraction of sp³-hybridized carbons (Fsp3) is 1.00. The molecule has 0 bridgehead atoms. The van der Waals surface area contributed by atoms with E-state index in [9.17, 15) is 0 Å². The van der Waals surface area contributed by atoms with Gasteiger partial charge in [-0.25, -0.2) is 0 Å². The van der Waals surface area contributed by atoms with Crippen molar-refractivity contribution in [3.8, 4) is 0 Å². The van der Waals surface area contributed by atoms with Crippen molar-refractivity contribution in [1.82, 2.24) is 5.32 Å². The number of ether oxygens (including phenoxy) is 1. The number of hydrogen-bond acceptors (Lipinski definition) is 3. The van der Waals surface area contributed by atoms with Gasteiger partial charge in [0.1, 0.15) is 0 Å². The summed E-state index contributed by atoms with van der Waals surface area (Å²) in [6.07, 6.45) is 4.77. The Labute approximate surface area is 79.5 Å². The summed E-state index contributed by atoms with van der Waals surface area (Å²) in [7, 11) is 0. The zero-order valence-electron chi connectivity index (χ0n) is 8.09. The molecule has 0 aromatic heterocycles. The second-order valence-corrected chi connectivity index (χ2v) is 4.41. The number of piperidine rings is 1. The molecule has 0 amide bonds. The summed E-state index contributed by atoms with van der Waals surface area (Å²) < 4.78 is 5.37. The van der Waals surface area contributed by atoms with E-state index in [1.165, 1.54) is 19.3 Å². The molecular weight excluding hydrogens is 166 g/mol. The zero-order valence-corrected chi connectivity index (χ0v) is 8.09. The van der Waals surface area contributed by atoms with Crippen molar-refractivity contribution in [2.45, 2.75) is 31.7 Å². The SMILES string of the molecule is OCC1CCC2(CCOCC2)CN1. The van der Waals surface area contributed by atoms with E-state index in [1.807, 2.05) is 0 Å². The van der Waals surface area contributed by atoms with Crippen molar-refractivity contribution in [2.75, 3.05) is 26.4 Å². The van der Waals surface area contributed by atoms with Gasteiger partial charge >= 0.3 is 0 Å². The molecular formula is C10H19NO2. The Kier molecular flexibility index (Phi) is 2.86. The highest BCUT2D eigenvalue weighted by molar-refractivity contribution is 4.90. The molecule has 0 aliphatic carbocycles. The molecule has 2 aliphatic rings. The maximum absolute atomic E-state index is 8.99. The number of nitrogens with one attached hydrogen (secondary N) is 1. The van der Waals surface area contributed by atoms with E-state index >= 15 is 0 Å². The van der Waals surface area contributed by atoms with Gasteiger partial charge in [0.15, 0.2) is 0 Å². The number of hydrogen-bond donors (Lipinski definition) is 2. The van der Waals surface area contributed by atoms with Gasteiger partial charge < -0.3 is 15.2 Å². The van der Waals surface area contributed by atoms with Gasteiger partial charge in [0.05, 0.1) is 6.61 Å². The molecule has 3 heteroatoms. The van der Waals surface area contributed by atoms with Crippen LogP contribution >= 0.6 is 0 Å². The van der Waals surface area contributed by atoms with Crippen molar-refractivity contribution in [2.24, 2.45) is 5.41 Å². The van der Waals surface area contributed by atoms with Gasteiger partial charge in [-0.1, -0.05) is 0 Å². The lowest BCUT2D eigenvalue weighted by atomic mass is 9.73. The summed E-state index contributed by atoms with van der Waals surface area (Å²) in [5.41, 5.74) is 0.490. The van der Waals surface area contributed by atoms with Crippen LogP contribution in [0.15, 0.2) is 0 Å². The van der Waals surface area contributed by atoms with Gasteiger partial charge in [0.2, 0.25) is 0 Å². The second-order valence-electron chi connectivity index (χ2n) is 4.41. The molecule has 2 fully saturated rings. The van der Waals surface area contributed by atoms with Crippen LogP contribution in [0.25, 0.3) is 0 Å². The van der Waals surface area contributed by atoms with Gasteiger partial charge in [-0.2, -0.15) is 0 Å². The van der Waals surface area contributed by atoms with Crippen molar-refractivity contribution >= 4 is 0 Å². The van der Waals surface area contributed by atoms with Crippen LogP contribution in [0.2, 0.25) is 0 Å². The minimum Gasteiger partial charge on any atom is -0.395 e. The van der Waals surface area contributed by atoms with Crippen LogP contribution in [-0.4, -0.2) is 37.5 Å². The third-order valence-electron chi connectivity index (χ3n) is 3.56. The molecule has 0 aromatic rings. The Morgan fingerprint density at radius 3 is 2.62 bits per heavy atom. The van der Waals surface area contributed by atoms with E-state index in [0.29, 0.717) is 11.5 Å². The monoisotopic (exact) mass is 185 g/mol. The van der Waals surface area contributed by atoms with Crippen LogP contribution in [0, 0.1) is 5.41 Å². The summed E-state index contributed by atoms with van der Waals surface area (Å²) in [6.45, 7) is 3.20. The van der Waals surface area contributed by atoms with Gasteiger partial charge in [0, 0.05) is 25.8 Å². The fourth-order valence-electron chi connectivity index (χ4n) is 2.42. The topological polar surface area (TPSA) is 41.5 Å². The smallest absolute Gasteiger partial charge is 0.0584 e. The highest BCUT2D eigenvalue weighted by atomic mass is 16.5. The highest BCUT2D eigenvalue weighted by Crippen LogP contribution is 2.37. The highest BCUT2D eigenvalue weighted by Gasteiger charge is 2.36. The normalized spacial score (nSPS) is 33.5. The molecule has 0 radical (unpaired) electrons. The van der Waals surface area contributed by atoms with E-state index in [1.54, 1.807) is 0 Å². The maximum Gasteiger partial charge on any atom is 0.0584 e. The summed E-state index contributed by atoms with van der Waals surface area (Å²) in [4.78, 5) is 0. The third-order valence-corrected chi connectivity index (χ3v) is 3.56. The van der Waals surface area contributed by atoms with E-state index < -0.39 is 0 Å². The molecule has 76 valence electrons. The first kappa shape index (κ1) is 9.44. The Hall–Kier alpha value is -0.120. The molecule has 3 nitrogen and oxygen atoms in total. The quantitative estimate of drug-likeness (QED) is 0.626. The summed E-state index contributed by atoms with van der Waals surface area (Å²) in [5.74, 6) is 0. The Balaban J connectivity index is 1.87. The molecule has 2 aliphatic heterocycles. The third kappa shape index (κ3) is 2.03. The van der Waals surface area contributed by atoms with Crippen LogP contribution in [0.5, 0.6) is 0 Å². The van der Waals surface area contributed by atoms with E-state index in [0.717, 1.165) is 26.2 Å². The van der Waals surface area contributed by atoms with Crippen LogP contribution in [0.3, 0.4) is 0 Å². The number of aliphatic hydroxyl groups excluding tert-OH is 1. The summed E-state index contributed by atoms with van der Waals surface area (Å²) in [6, 6.07) is 0.341. The fourth-order valence-corrected chi connectivity index (χ4v) is 2.42. The van der Waals surface area contributed by atoms with E-state index in [2.05, 4.69) is 5.32 Å². The molecule has 2 saturated heterocycles. The molecule has 0 saturated carbocycles. The minimum absolute atomic E-state index is 0.284. The minimum atomic E-state index is 0.284. The van der Waals surface area contributed by atoms with E-state index in [4.69, 9.17) is 9.84 Å². The molecule has 2 rings (SSSR count). The maximum atomic E-state index is 8.99. The van der Waals surface area contributed by atoms with Crippen LogP contribution in [-0.2, 0) is 4.74 Å². The zero-order chi connectivity index (χ0) is 9.15. The van der Waals surface area contributed by atoms with Crippen LogP contribution < -0.4 is 5.32 Å². The molecule has 2 N–H and O–H groups in total. The van der Waals surface area contributed by atoms with Crippen molar-refractivity contribution in [1.29, 1.82) is 0 Å². The van der Waals surface area contributed by atoms with Crippen molar-refractivity contribution in [3.63, 3.8) is 0 Å². The largest absolute Gasteiger partial charge is 0.395 e. The molecule has 2 heterocycles. The van der Waals surface area contributed by atoms with E-state index in [-0.39, 0.29) is 6.61 Å². The number of aliphatic hydroxyl groups is 1. The molecule has 1 spiro atoms.